The Morgan fingerprint density at radius 3 is 2.50 bits per heavy atom. The van der Waals surface area contributed by atoms with Gasteiger partial charge in [-0.1, -0.05) is 17.7 Å². The zero-order chi connectivity index (χ0) is 13.3. The average Bonchev–Trinajstić information content (AvgIpc) is 2.63. The highest BCUT2D eigenvalue weighted by Crippen LogP contribution is 2.35. The molecule has 0 amide bonds. The Hall–Kier alpha value is -0.350. The fraction of sp³-hybridized carbons (Fsp3) is 0.286. The van der Waals surface area contributed by atoms with Crippen molar-refractivity contribution in [1.82, 2.24) is 5.32 Å². The van der Waals surface area contributed by atoms with Gasteiger partial charge >= 0.3 is 0 Å². The van der Waals surface area contributed by atoms with Crippen LogP contribution < -0.4 is 5.32 Å². The van der Waals surface area contributed by atoms with Crippen LogP contribution in [0.5, 0.6) is 0 Å². The molecule has 2 aromatic rings. The summed E-state index contributed by atoms with van der Waals surface area (Å²) in [6.45, 7) is 4.22. The van der Waals surface area contributed by atoms with Crippen molar-refractivity contribution in [3.63, 3.8) is 0 Å². The van der Waals surface area contributed by atoms with Gasteiger partial charge in [0.1, 0.15) is 0 Å². The lowest BCUT2D eigenvalue weighted by molar-refractivity contribution is 0.699. The van der Waals surface area contributed by atoms with E-state index >= 15 is 0 Å². The second-order valence-corrected chi connectivity index (χ2v) is 6.85. The molecule has 96 valence electrons. The molecule has 0 bridgehead atoms. The summed E-state index contributed by atoms with van der Waals surface area (Å²) in [6.07, 6.45) is 0. The van der Waals surface area contributed by atoms with E-state index in [1.54, 1.807) is 0 Å². The van der Waals surface area contributed by atoms with Crippen LogP contribution in [0.4, 0.5) is 0 Å². The molecule has 0 aliphatic rings. The zero-order valence-electron chi connectivity index (χ0n) is 10.6. The number of nitrogens with one attached hydrogen (secondary N) is 1. The van der Waals surface area contributed by atoms with Gasteiger partial charge in [-0.05, 0) is 66.2 Å². The topological polar surface area (TPSA) is 12.0 Å². The molecule has 0 fully saturated rings. The minimum atomic E-state index is 0.220. The second-order valence-electron chi connectivity index (χ2n) is 4.28. The summed E-state index contributed by atoms with van der Waals surface area (Å²) in [5.74, 6) is 0. The highest BCUT2D eigenvalue weighted by atomic mass is 79.9. The molecule has 0 aliphatic heterocycles. The second kappa shape index (κ2) is 5.74. The van der Waals surface area contributed by atoms with E-state index < -0.39 is 0 Å². The maximum Gasteiger partial charge on any atom is 0.0671 e. The number of thiophene rings is 1. The van der Waals surface area contributed by atoms with Crippen LogP contribution in [0, 0.1) is 13.8 Å². The molecule has 0 saturated heterocycles. The highest BCUT2D eigenvalue weighted by Gasteiger charge is 2.17. The smallest absolute Gasteiger partial charge is 0.0671 e. The lowest BCUT2D eigenvalue weighted by Crippen LogP contribution is -2.17. The fourth-order valence-electron chi connectivity index (χ4n) is 2.04. The van der Waals surface area contributed by atoms with Gasteiger partial charge in [-0.25, -0.2) is 0 Å². The Morgan fingerprint density at radius 2 is 2.00 bits per heavy atom. The predicted molar refractivity (Wildman–Crippen MR) is 83.8 cm³/mol. The molecule has 0 aliphatic carbocycles. The van der Waals surface area contributed by atoms with E-state index in [0.29, 0.717) is 0 Å². The molecule has 1 heterocycles. The van der Waals surface area contributed by atoms with Gasteiger partial charge in [-0.15, -0.1) is 11.3 Å². The molecule has 18 heavy (non-hydrogen) atoms. The van der Waals surface area contributed by atoms with Crippen LogP contribution in [0.2, 0.25) is 5.02 Å². The molecule has 1 unspecified atom stereocenters. The molecule has 0 radical (unpaired) electrons. The van der Waals surface area contributed by atoms with Crippen LogP contribution in [0.15, 0.2) is 28.7 Å². The minimum Gasteiger partial charge on any atom is -0.309 e. The van der Waals surface area contributed by atoms with Gasteiger partial charge in [0.15, 0.2) is 0 Å². The molecule has 1 N–H and O–H groups in total. The van der Waals surface area contributed by atoms with Gasteiger partial charge in [-0.2, -0.15) is 0 Å². The van der Waals surface area contributed by atoms with Crippen molar-refractivity contribution in [3.05, 3.63) is 54.6 Å². The number of hydrogen-bond acceptors (Lipinski definition) is 2. The van der Waals surface area contributed by atoms with Crippen molar-refractivity contribution in [2.45, 2.75) is 19.9 Å². The SMILES string of the molecule is CNC(c1cc(Br)c(C)s1)c1ccc(Cl)cc1C. The first-order valence-electron chi connectivity index (χ1n) is 5.72. The molecular weight excluding hydrogens is 330 g/mol. The fourth-order valence-corrected chi connectivity index (χ4v) is 3.95. The first-order chi connectivity index (χ1) is 8.52. The van der Waals surface area contributed by atoms with E-state index in [9.17, 15) is 0 Å². The normalized spacial score (nSPS) is 12.7. The Kier molecular flexibility index (Phi) is 4.49. The van der Waals surface area contributed by atoms with Gasteiger partial charge in [0.2, 0.25) is 0 Å². The van der Waals surface area contributed by atoms with Crippen LogP contribution in [0.25, 0.3) is 0 Å². The predicted octanol–water partition coefficient (Wildman–Crippen LogP) is 5.09. The van der Waals surface area contributed by atoms with E-state index in [1.165, 1.54) is 25.4 Å². The van der Waals surface area contributed by atoms with E-state index in [-0.39, 0.29) is 6.04 Å². The van der Waals surface area contributed by atoms with Gasteiger partial charge in [-0.3, -0.25) is 0 Å². The molecule has 2 rings (SSSR count). The number of hydrogen-bond donors (Lipinski definition) is 1. The van der Waals surface area contributed by atoms with E-state index in [1.807, 2.05) is 30.5 Å². The molecule has 1 nitrogen and oxygen atoms in total. The molecule has 1 aromatic carbocycles. The van der Waals surface area contributed by atoms with Crippen molar-refractivity contribution in [3.8, 4) is 0 Å². The number of aryl methyl sites for hydroxylation is 2. The van der Waals surface area contributed by atoms with Crippen LogP contribution in [0.3, 0.4) is 0 Å². The minimum absolute atomic E-state index is 0.220. The van der Waals surface area contributed by atoms with Crippen molar-refractivity contribution in [2.75, 3.05) is 7.05 Å². The van der Waals surface area contributed by atoms with Crippen LogP contribution >= 0.6 is 38.9 Å². The van der Waals surface area contributed by atoms with Gasteiger partial charge < -0.3 is 5.32 Å². The Bertz CT molecular complexity index is 545. The molecule has 0 saturated carbocycles. The zero-order valence-corrected chi connectivity index (χ0v) is 13.7. The Labute approximate surface area is 125 Å². The van der Waals surface area contributed by atoms with Gasteiger partial charge in [0.25, 0.3) is 0 Å². The standard InChI is InChI=1S/C14H15BrClNS/c1-8-6-10(16)4-5-11(8)14(17-3)13-7-12(15)9(2)18-13/h4-7,14,17H,1-3H3. The lowest BCUT2D eigenvalue weighted by Gasteiger charge is -2.17. The molecule has 0 spiro atoms. The average molecular weight is 345 g/mol. The molecule has 1 aromatic heterocycles. The quantitative estimate of drug-likeness (QED) is 0.818. The molecule has 4 heteroatoms. The first-order valence-corrected chi connectivity index (χ1v) is 7.71. The highest BCUT2D eigenvalue weighted by molar-refractivity contribution is 9.10. The summed E-state index contributed by atoms with van der Waals surface area (Å²) in [6, 6.07) is 8.47. The largest absolute Gasteiger partial charge is 0.309 e. The van der Waals surface area contributed by atoms with Crippen molar-refractivity contribution < 1.29 is 0 Å². The van der Waals surface area contributed by atoms with Gasteiger partial charge in [0, 0.05) is 19.2 Å². The monoisotopic (exact) mass is 343 g/mol. The third kappa shape index (κ3) is 2.80. The van der Waals surface area contributed by atoms with Crippen LogP contribution in [-0.2, 0) is 0 Å². The summed E-state index contributed by atoms with van der Waals surface area (Å²) in [5, 5.41) is 4.17. The maximum atomic E-state index is 6.01. The Balaban J connectivity index is 2.45. The number of benzene rings is 1. The van der Waals surface area contributed by atoms with E-state index in [2.05, 4.69) is 47.2 Å². The lowest BCUT2D eigenvalue weighted by atomic mass is 10.0. The molecule has 1 atom stereocenters. The van der Waals surface area contributed by atoms with E-state index in [4.69, 9.17) is 11.6 Å². The van der Waals surface area contributed by atoms with Crippen molar-refractivity contribution in [1.29, 1.82) is 0 Å². The summed E-state index contributed by atoms with van der Waals surface area (Å²) >= 11 is 11.4. The maximum absolute atomic E-state index is 6.01. The third-order valence-corrected chi connectivity index (χ3v) is 5.43. The van der Waals surface area contributed by atoms with Crippen molar-refractivity contribution >= 4 is 38.9 Å². The van der Waals surface area contributed by atoms with Gasteiger partial charge in [0.05, 0.1) is 6.04 Å². The van der Waals surface area contributed by atoms with Crippen LogP contribution in [0.1, 0.15) is 26.9 Å². The summed E-state index contributed by atoms with van der Waals surface area (Å²) in [4.78, 5) is 2.61. The summed E-state index contributed by atoms with van der Waals surface area (Å²) in [7, 11) is 1.99. The summed E-state index contributed by atoms with van der Waals surface area (Å²) < 4.78 is 1.18. The third-order valence-electron chi connectivity index (χ3n) is 2.99. The summed E-state index contributed by atoms with van der Waals surface area (Å²) in [5.41, 5.74) is 2.49. The number of halogens is 2. The Morgan fingerprint density at radius 1 is 1.28 bits per heavy atom. The first kappa shape index (κ1) is 14.1. The molecular formula is C14H15BrClNS. The number of rotatable bonds is 3. The van der Waals surface area contributed by atoms with E-state index in [0.717, 1.165) is 5.02 Å². The van der Waals surface area contributed by atoms with Crippen molar-refractivity contribution in [2.24, 2.45) is 0 Å². The van der Waals surface area contributed by atoms with Crippen LogP contribution in [-0.4, -0.2) is 7.05 Å².